The van der Waals surface area contributed by atoms with E-state index >= 15 is 0 Å². The van der Waals surface area contributed by atoms with E-state index < -0.39 is 11.1 Å². The van der Waals surface area contributed by atoms with Crippen molar-refractivity contribution in [2.75, 3.05) is 14.2 Å². The molecular weight excluding hydrogens is 326 g/mol. The number of ether oxygens (including phenoxy) is 2. The third kappa shape index (κ3) is 2.87. The molecule has 0 amide bonds. The highest BCUT2D eigenvalue weighted by atomic mass is 16.6. The first-order valence-corrected chi connectivity index (χ1v) is 7.49. The Morgan fingerprint density at radius 2 is 1.76 bits per heavy atom. The van der Waals surface area contributed by atoms with Crippen molar-refractivity contribution in [1.82, 2.24) is 5.06 Å². The summed E-state index contributed by atoms with van der Waals surface area (Å²) in [5, 5.41) is 23.7. The van der Waals surface area contributed by atoms with E-state index in [9.17, 15) is 15.3 Å². The van der Waals surface area contributed by atoms with E-state index in [4.69, 9.17) is 9.47 Å². The first kappa shape index (κ1) is 16.7. The largest absolute Gasteiger partial charge is 0.493 e. The fourth-order valence-corrected chi connectivity index (χ4v) is 2.74. The molecule has 0 bridgehead atoms. The van der Waals surface area contributed by atoms with Crippen LogP contribution in [0.15, 0.2) is 41.4 Å². The van der Waals surface area contributed by atoms with Crippen LogP contribution in [-0.4, -0.2) is 29.4 Å². The molecule has 1 aliphatic heterocycles. The van der Waals surface area contributed by atoms with E-state index in [1.165, 1.54) is 26.4 Å². The van der Waals surface area contributed by atoms with Crippen molar-refractivity contribution in [2.45, 2.75) is 13.1 Å². The SMILES string of the molecule is COc1cc2c(cc1OC)=C(C)N(O)C(c1ccc([N+](=O)[O-])cc1)N=2. The predicted molar refractivity (Wildman–Crippen MR) is 88.9 cm³/mol. The van der Waals surface area contributed by atoms with Crippen LogP contribution in [0.1, 0.15) is 18.7 Å². The lowest BCUT2D eigenvalue weighted by molar-refractivity contribution is -0.384. The molecule has 2 aromatic rings. The van der Waals surface area contributed by atoms with Gasteiger partial charge in [-0.2, -0.15) is 0 Å². The second-order valence-electron chi connectivity index (χ2n) is 5.51. The second-order valence-corrected chi connectivity index (χ2v) is 5.51. The lowest BCUT2D eigenvalue weighted by atomic mass is 10.1. The Morgan fingerprint density at radius 1 is 1.16 bits per heavy atom. The van der Waals surface area contributed by atoms with Gasteiger partial charge < -0.3 is 9.47 Å². The van der Waals surface area contributed by atoms with Gasteiger partial charge in [-0.05, 0) is 30.7 Å². The molecule has 8 nitrogen and oxygen atoms in total. The highest BCUT2D eigenvalue weighted by molar-refractivity contribution is 5.49. The molecule has 0 saturated carbocycles. The van der Waals surface area contributed by atoms with Crippen molar-refractivity contribution in [3.8, 4) is 11.5 Å². The van der Waals surface area contributed by atoms with Crippen LogP contribution in [0.25, 0.3) is 5.70 Å². The number of hydrogen-bond acceptors (Lipinski definition) is 7. The number of nitro benzene ring substituents is 1. The first-order chi connectivity index (χ1) is 12.0. The van der Waals surface area contributed by atoms with Crippen molar-refractivity contribution in [3.05, 3.63) is 62.7 Å². The highest BCUT2D eigenvalue weighted by Crippen LogP contribution is 2.28. The fourth-order valence-electron chi connectivity index (χ4n) is 2.74. The lowest BCUT2D eigenvalue weighted by Crippen LogP contribution is -2.40. The van der Waals surface area contributed by atoms with Crippen LogP contribution < -0.4 is 20.0 Å². The molecule has 0 fully saturated rings. The Bertz CT molecular complexity index is 940. The van der Waals surface area contributed by atoms with Gasteiger partial charge in [-0.3, -0.25) is 20.3 Å². The molecule has 1 unspecified atom stereocenters. The van der Waals surface area contributed by atoms with Gasteiger partial charge in [-0.25, -0.2) is 5.06 Å². The number of benzene rings is 2. The van der Waals surface area contributed by atoms with Gasteiger partial charge in [0.05, 0.1) is 30.2 Å². The van der Waals surface area contributed by atoms with Gasteiger partial charge in [0.15, 0.2) is 17.7 Å². The molecule has 25 heavy (non-hydrogen) atoms. The maximum atomic E-state index is 10.8. The number of nitro groups is 1. The van der Waals surface area contributed by atoms with Crippen molar-refractivity contribution in [3.63, 3.8) is 0 Å². The number of hydroxylamine groups is 2. The van der Waals surface area contributed by atoms with E-state index in [1.807, 2.05) is 0 Å². The predicted octanol–water partition coefficient (Wildman–Crippen LogP) is 1.76. The molecule has 3 rings (SSSR count). The summed E-state index contributed by atoms with van der Waals surface area (Å²) in [5.74, 6) is 1.07. The highest BCUT2D eigenvalue weighted by Gasteiger charge is 2.24. The van der Waals surface area contributed by atoms with Crippen LogP contribution in [0.4, 0.5) is 5.69 Å². The van der Waals surface area contributed by atoms with E-state index in [-0.39, 0.29) is 5.69 Å². The van der Waals surface area contributed by atoms with Gasteiger partial charge >= 0.3 is 0 Å². The summed E-state index contributed by atoms with van der Waals surface area (Å²) >= 11 is 0. The quantitative estimate of drug-likeness (QED) is 0.671. The Labute approximate surface area is 143 Å². The molecular formula is C17H17N3O5. The minimum Gasteiger partial charge on any atom is -0.493 e. The third-order valence-corrected chi connectivity index (χ3v) is 4.13. The molecule has 130 valence electrons. The van der Waals surface area contributed by atoms with Gasteiger partial charge in [0, 0.05) is 23.4 Å². The summed E-state index contributed by atoms with van der Waals surface area (Å²) in [4.78, 5) is 14.9. The number of fused-ring (bicyclic) bond motifs is 1. The third-order valence-electron chi connectivity index (χ3n) is 4.13. The lowest BCUT2D eigenvalue weighted by Gasteiger charge is -2.28. The van der Waals surface area contributed by atoms with Gasteiger partial charge in [0.25, 0.3) is 5.69 Å². The van der Waals surface area contributed by atoms with E-state index in [2.05, 4.69) is 4.99 Å². The Balaban J connectivity index is 2.13. The Morgan fingerprint density at radius 3 is 2.32 bits per heavy atom. The van der Waals surface area contributed by atoms with E-state index in [0.29, 0.717) is 28.1 Å². The molecule has 0 aromatic heterocycles. The maximum absolute atomic E-state index is 10.8. The van der Waals surface area contributed by atoms with Gasteiger partial charge in [-0.1, -0.05) is 0 Å². The molecule has 0 radical (unpaired) electrons. The van der Waals surface area contributed by atoms with Crippen LogP contribution in [0, 0.1) is 10.1 Å². The zero-order valence-corrected chi connectivity index (χ0v) is 14.0. The van der Waals surface area contributed by atoms with Crippen LogP contribution in [0.3, 0.4) is 0 Å². The molecule has 0 spiro atoms. The number of methoxy groups -OCH3 is 2. The Hall–Kier alpha value is -3.13. The average Bonchev–Trinajstić information content (AvgIpc) is 2.63. The molecule has 1 heterocycles. The topological polar surface area (TPSA) is 97.4 Å². The number of nitrogens with zero attached hydrogens (tertiary/aromatic N) is 3. The summed E-state index contributed by atoms with van der Waals surface area (Å²) in [6, 6.07) is 9.42. The van der Waals surface area contributed by atoms with Crippen LogP contribution in [0.2, 0.25) is 0 Å². The van der Waals surface area contributed by atoms with Crippen LogP contribution in [0.5, 0.6) is 11.5 Å². The normalized spacial score (nSPS) is 16.1. The van der Waals surface area contributed by atoms with E-state index in [0.717, 1.165) is 10.3 Å². The molecule has 0 saturated heterocycles. The van der Waals surface area contributed by atoms with Gasteiger partial charge in [0.1, 0.15) is 0 Å². The number of rotatable bonds is 4. The van der Waals surface area contributed by atoms with Gasteiger partial charge in [-0.15, -0.1) is 0 Å². The zero-order valence-electron chi connectivity index (χ0n) is 14.0. The van der Waals surface area contributed by atoms with Crippen molar-refractivity contribution in [2.24, 2.45) is 4.99 Å². The average molecular weight is 343 g/mol. The zero-order chi connectivity index (χ0) is 18.1. The first-order valence-electron chi connectivity index (χ1n) is 7.49. The summed E-state index contributed by atoms with van der Waals surface area (Å²) in [7, 11) is 3.08. The van der Waals surface area contributed by atoms with Crippen LogP contribution >= 0.6 is 0 Å². The molecule has 8 heteroatoms. The van der Waals surface area contributed by atoms with Crippen LogP contribution in [-0.2, 0) is 0 Å². The smallest absolute Gasteiger partial charge is 0.269 e. The summed E-state index contributed by atoms with van der Waals surface area (Å²) in [5.41, 5.74) is 1.21. The molecule has 1 atom stereocenters. The standard InChI is InChI=1S/C17H17N3O5/c1-10-13-8-15(24-2)16(25-3)9-14(13)18-17(19(10)21)11-4-6-12(7-5-11)20(22)23/h4-9,17,21H,1-3H3. The molecule has 0 aliphatic carbocycles. The van der Waals surface area contributed by atoms with E-state index in [1.54, 1.807) is 31.2 Å². The van der Waals surface area contributed by atoms with Crippen molar-refractivity contribution < 1.29 is 19.6 Å². The summed E-state index contributed by atoms with van der Waals surface area (Å²) in [6.45, 7) is 1.76. The van der Waals surface area contributed by atoms with Gasteiger partial charge in [0.2, 0.25) is 0 Å². The minimum atomic E-state index is -0.702. The second kappa shape index (κ2) is 6.40. The number of non-ortho nitro benzene ring substituents is 1. The monoisotopic (exact) mass is 343 g/mol. The molecule has 1 N–H and O–H groups in total. The number of hydrogen-bond donors (Lipinski definition) is 1. The van der Waals surface area contributed by atoms with Crippen molar-refractivity contribution >= 4 is 11.4 Å². The van der Waals surface area contributed by atoms with Crippen molar-refractivity contribution in [1.29, 1.82) is 0 Å². The molecule has 1 aliphatic rings. The Kier molecular flexibility index (Phi) is 4.28. The summed E-state index contributed by atoms with van der Waals surface area (Å²) < 4.78 is 10.6. The molecule has 2 aromatic carbocycles. The summed E-state index contributed by atoms with van der Waals surface area (Å²) in [6.07, 6.45) is -0.702. The fraction of sp³-hybridized carbons (Fsp3) is 0.235. The minimum absolute atomic E-state index is 0.0171. The maximum Gasteiger partial charge on any atom is 0.269 e.